The third kappa shape index (κ3) is 5.00. The van der Waals surface area contributed by atoms with Crippen LogP contribution < -0.4 is 0 Å². The predicted molar refractivity (Wildman–Crippen MR) is 209 cm³/mol. The van der Waals surface area contributed by atoms with E-state index in [0.29, 0.717) is 0 Å². The molecule has 2 heterocycles. The van der Waals surface area contributed by atoms with Gasteiger partial charge >= 0.3 is 0 Å². The molecule has 234 valence electrons. The Morgan fingerprint density at radius 1 is 0.469 bits per heavy atom. The fourth-order valence-electron chi connectivity index (χ4n) is 7.74. The van der Waals surface area contributed by atoms with Crippen LogP contribution in [0, 0.1) is 0 Å². The van der Waals surface area contributed by atoms with E-state index in [1.165, 1.54) is 95.1 Å². The first-order chi connectivity index (χ1) is 24.3. The van der Waals surface area contributed by atoms with Gasteiger partial charge in [-0.25, -0.2) is 0 Å². The first-order valence-corrected chi connectivity index (χ1v) is 17.4. The van der Waals surface area contributed by atoms with Gasteiger partial charge in [0.1, 0.15) is 0 Å². The van der Waals surface area contributed by atoms with Crippen LogP contribution in [0.2, 0.25) is 0 Å². The van der Waals surface area contributed by atoms with Crippen LogP contribution in [0.4, 0.5) is 0 Å². The molecule has 0 unspecified atom stereocenters. The van der Waals surface area contributed by atoms with E-state index in [1.54, 1.807) is 0 Å². The number of aromatic nitrogens is 2. The number of hydrogen-bond acceptors (Lipinski definition) is 1. The largest absolute Gasteiger partial charge is 0.309 e. The molecular formula is C47H36N2. The van der Waals surface area contributed by atoms with Gasteiger partial charge in [-0.2, -0.15) is 0 Å². The van der Waals surface area contributed by atoms with Crippen molar-refractivity contribution in [2.45, 2.75) is 26.2 Å². The van der Waals surface area contributed by atoms with E-state index in [2.05, 4.69) is 168 Å². The number of fused-ring (bicyclic) bond motifs is 5. The summed E-state index contributed by atoms with van der Waals surface area (Å²) in [7, 11) is 0. The van der Waals surface area contributed by atoms with Gasteiger partial charge in [0.2, 0.25) is 0 Å². The lowest BCUT2D eigenvalue weighted by molar-refractivity contribution is 0.796. The Hall–Kier alpha value is -5.99. The number of unbranched alkanes of at least 4 members (excludes halogenated alkanes) is 1. The average molecular weight is 629 g/mol. The van der Waals surface area contributed by atoms with Crippen molar-refractivity contribution in [1.29, 1.82) is 0 Å². The van der Waals surface area contributed by atoms with Gasteiger partial charge in [-0.1, -0.05) is 129 Å². The summed E-state index contributed by atoms with van der Waals surface area (Å²) in [6, 6.07) is 55.7. The molecule has 0 amide bonds. The molecular weight excluding hydrogens is 593 g/mol. The van der Waals surface area contributed by atoms with E-state index in [4.69, 9.17) is 0 Å². The Labute approximate surface area is 286 Å². The van der Waals surface area contributed by atoms with Crippen LogP contribution in [0.25, 0.3) is 82.4 Å². The van der Waals surface area contributed by atoms with Crippen molar-refractivity contribution in [2.24, 2.45) is 0 Å². The van der Waals surface area contributed by atoms with Crippen LogP contribution in [0.15, 0.2) is 164 Å². The third-order valence-corrected chi connectivity index (χ3v) is 10.1. The molecule has 2 heteroatoms. The van der Waals surface area contributed by atoms with Gasteiger partial charge in [0.05, 0.1) is 11.0 Å². The molecule has 49 heavy (non-hydrogen) atoms. The Bertz CT molecular complexity index is 2570. The van der Waals surface area contributed by atoms with Crippen molar-refractivity contribution < 1.29 is 0 Å². The van der Waals surface area contributed by atoms with E-state index in [9.17, 15) is 0 Å². The van der Waals surface area contributed by atoms with Crippen LogP contribution >= 0.6 is 0 Å². The molecule has 0 saturated heterocycles. The standard InChI is InChI=1S/C47H36N2/c1-2-3-12-32-21-26-44-42(29-32)43-31-48-28-27-45(43)49(44)37-24-22-34(23-25-37)46-38-17-7-9-19-40(38)47(41-20-10-8-18-39(41)46)36-16-11-15-35(30-36)33-13-5-4-6-14-33/h4-11,13-31H,2-3,12H2,1H3. The van der Waals surface area contributed by atoms with Crippen LogP contribution in [0.3, 0.4) is 0 Å². The second-order valence-electron chi connectivity index (χ2n) is 13.0. The van der Waals surface area contributed by atoms with E-state index in [-0.39, 0.29) is 0 Å². The maximum Gasteiger partial charge on any atom is 0.0571 e. The summed E-state index contributed by atoms with van der Waals surface area (Å²) in [6.07, 6.45) is 7.42. The molecule has 9 aromatic rings. The lowest BCUT2D eigenvalue weighted by Gasteiger charge is -2.18. The van der Waals surface area contributed by atoms with Gasteiger partial charge in [0.15, 0.2) is 0 Å². The highest BCUT2D eigenvalue weighted by molar-refractivity contribution is 6.21. The minimum absolute atomic E-state index is 1.10. The van der Waals surface area contributed by atoms with Crippen molar-refractivity contribution in [3.05, 3.63) is 170 Å². The number of nitrogens with zero attached hydrogens (tertiary/aromatic N) is 2. The first kappa shape index (κ1) is 29.2. The smallest absolute Gasteiger partial charge is 0.0571 e. The molecule has 2 nitrogen and oxygen atoms in total. The van der Waals surface area contributed by atoms with Gasteiger partial charge in [-0.05, 0) is 110 Å². The van der Waals surface area contributed by atoms with Gasteiger partial charge in [-0.15, -0.1) is 0 Å². The monoisotopic (exact) mass is 628 g/mol. The van der Waals surface area contributed by atoms with Crippen molar-refractivity contribution in [1.82, 2.24) is 9.55 Å². The summed E-state index contributed by atoms with van der Waals surface area (Å²) in [5, 5.41) is 7.51. The molecule has 0 saturated carbocycles. The molecule has 0 aliphatic heterocycles. The predicted octanol–water partition coefficient (Wildman–Crippen LogP) is 12.8. The summed E-state index contributed by atoms with van der Waals surface area (Å²) >= 11 is 0. The lowest BCUT2D eigenvalue weighted by atomic mass is 9.85. The Balaban J connectivity index is 1.21. The molecule has 0 atom stereocenters. The zero-order valence-electron chi connectivity index (χ0n) is 27.6. The second kappa shape index (κ2) is 12.2. The van der Waals surface area contributed by atoms with Gasteiger partial charge in [0.25, 0.3) is 0 Å². The van der Waals surface area contributed by atoms with Crippen molar-refractivity contribution in [3.63, 3.8) is 0 Å². The normalized spacial score (nSPS) is 11.6. The summed E-state index contributed by atoms with van der Waals surface area (Å²) in [5.41, 5.74) is 12.4. The molecule has 0 bridgehead atoms. The molecule has 0 spiro atoms. The third-order valence-electron chi connectivity index (χ3n) is 10.1. The van der Waals surface area contributed by atoms with Crippen molar-refractivity contribution in [2.75, 3.05) is 0 Å². The summed E-state index contributed by atoms with van der Waals surface area (Å²) < 4.78 is 2.39. The number of aryl methyl sites for hydroxylation is 1. The van der Waals surface area contributed by atoms with Crippen molar-refractivity contribution >= 4 is 43.4 Å². The van der Waals surface area contributed by atoms with Crippen LogP contribution in [-0.2, 0) is 6.42 Å². The SMILES string of the molecule is CCCCc1ccc2c(c1)c1cnccc1n2-c1ccc(-c2c3ccccc3c(-c3cccc(-c4ccccc4)c3)c3ccccc23)cc1. The molecule has 7 aromatic carbocycles. The second-order valence-corrected chi connectivity index (χ2v) is 13.0. The number of benzene rings is 7. The van der Waals surface area contributed by atoms with E-state index in [1.807, 2.05) is 12.4 Å². The molecule has 0 aliphatic rings. The number of pyridine rings is 1. The van der Waals surface area contributed by atoms with E-state index in [0.717, 1.165) is 12.1 Å². The highest BCUT2D eigenvalue weighted by Gasteiger charge is 2.18. The van der Waals surface area contributed by atoms with Gasteiger partial charge < -0.3 is 4.57 Å². The zero-order valence-corrected chi connectivity index (χ0v) is 27.6. The molecule has 0 N–H and O–H groups in total. The lowest BCUT2D eigenvalue weighted by Crippen LogP contribution is -1.95. The Kier molecular flexibility index (Phi) is 7.28. The van der Waals surface area contributed by atoms with Crippen molar-refractivity contribution in [3.8, 4) is 39.1 Å². The fourth-order valence-corrected chi connectivity index (χ4v) is 7.74. The topological polar surface area (TPSA) is 17.8 Å². The zero-order chi connectivity index (χ0) is 32.7. The quantitative estimate of drug-likeness (QED) is 0.161. The van der Waals surface area contributed by atoms with Crippen LogP contribution in [0.1, 0.15) is 25.3 Å². The fraction of sp³-hybridized carbons (Fsp3) is 0.0851. The summed E-state index contributed by atoms with van der Waals surface area (Å²) in [5.74, 6) is 0. The van der Waals surface area contributed by atoms with Gasteiger partial charge in [0, 0.05) is 28.9 Å². The minimum atomic E-state index is 1.10. The molecule has 0 aliphatic carbocycles. The molecule has 0 fully saturated rings. The Morgan fingerprint density at radius 3 is 1.78 bits per heavy atom. The maximum atomic E-state index is 4.51. The minimum Gasteiger partial charge on any atom is -0.309 e. The molecule has 2 aromatic heterocycles. The maximum absolute atomic E-state index is 4.51. The average Bonchev–Trinajstić information content (AvgIpc) is 3.50. The first-order valence-electron chi connectivity index (χ1n) is 17.4. The van der Waals surface area contributed by atoms with Crippen LogP contribution in [-0.4, -0.2) is 9.55 Å². The molecule has 0 radical (unpaired) electrons. The van der Waals surface area contributed by atoms with Gasteiger partial charge in [-0.3, -0.25) is 4.98 Å². The molecule has 9 rings (SSSR count). The summed E-state index contributed by atoms with van der Waals surface area (Å²) in [4.78, 5) is 4.51. The number of rotatable bonds is 7. The van der Waals surface area contributed by atoms with Crippen LogP contribution in [0.5, 0.6) is 0 Å². The highest BCUT2D eigenvalue weighted by atomic mass is 15.0. The number of hydrogen-bond donors (Lipinski definition) is 0. The van der Waals surface area contributed by atoms with E-state index < -0.39 is 0 Å². The summed E-state index contributed by atoms with van der Waals surface area (Å²) in [6.45, 7) is 2.25. The highest BCUT2D eigenvalue weighted by Crippen LogP contribution is 2.44. The van der Waals surface area contributed by atoms with E-state index >= 15 is 0 Å². The Morgan fingerprint density at radius 2 is 1.08 bits per heavy atom.